The first-order chi connectivity index (χ1) is 9.20. The number of urea groups is 1. The molecule has 2 aliphatic heterocycles. The molecule has 0 spiro atoms. The summed E-state index contributed by atoms with van der Waals surface area (Å²) in [4.78, 5) is 26.2. The van der Waals surface area contributed by atoms with E-state index in [-0.39, 0.29) is 25.1 Å². The Bertz CT molecular complexity index is 315. The highest BCUT2D eigenvalue weighted by atomic mass is 16.3. The second-order valence-corrected chi connectivity index (χ2v) is 5.02. The number of nitrogens with one attached hydrogen (secondary N) is 2. The van der Waals surface area contributed by atoms with Gasteiger partial charge in [-0.2, -0.15) is 0 Å². The highest BCUT2D eigenvalue weighted by Gasteiger charge is 2.28. The first-order valence-electron chi connectivity index (χ1n) is 6.85. The second-order valence-electron chi connectivity index (χ2n) is 5.02. The topological polar surface area (TPSA) is 84.9 Å². The SMILES string of the molecule is O=C1CNC(=O)N1CCN(CCO)CC1CCCN1. The molecule has 2 rings (SSSR count). The van der Waals surface area contributed by atoms with Crippen molar-refractivity contribution in [1.29, 1.82) is 0 Å². The molecule has 7 heteroatoms. The number of aliphatic hydroxyl groups is 1. The van der Waals surface area contributed by atoms with Crippen LogP contribution in [0.3, 0.4) is 0 Å². The van der Waals surface area contributed by atoms with Crippen molar-refractivity contribution >= 4 is 11.9 Å². The van der Waals surface area contributed by atoms with Crippen molar-refractivity contribution in [3.8, 4) is 0 Å². The number of hydrogen-bond acceptors (Lipinski definition) is 5. The zero-order chi connectivity index (χ0) is 13.7. The molecule has 108 valence electrons. The van der Waals surface area contributed by atoms with Crippen LogP contribution >= 0.6 is 0 Å². The van der Waals surface area contributed by atoms with Crippen molar-refractivity contribution in [2.45, 2.75) is 18.9 Å². The summed E-state index contributed by atoms with van der Waals surface area (Å²) in [5.41, 5.74) is 0. The van der Waals surface area contributed by atoms with Crippen LogP contribution in [0.15, 0.2) is 0 Å². The predicted molar refractivity (Wildman–Crippen MR) is 69.7 cm³/mol. The van der Waals surface area contributed by atoms with E-state index in [1.165, 1.54) is 11.3 Å². The standard InChI is InChI=1S/C12H22N4O3/c17-7-6-15(9-10-2-1-3-13-10)4-5-16-11(18)8-14-12(16)19/h10,13,17H,1-9H2,(H,14,19). The fourth-order valence-corrected chi connectivity index (χ4v) is 2.58. The van der Waals surface area contributed by atoms with Crippen LogP contribution in [0.4, 0.5) is 4.79 Å². The molecule has 2 heterocycles. The molecule has 19 heavy (non-hydrogen) atoms. The molecule has 1 atom stereocenters. The van der Waals surface area contributed by atoms with Crippen LogP contribution in [0.25, 0.3) is 0 Å². The number of rotatable bonds is 7. The van der Waals surface area contributed by atoms with Gasteiger partial charge in [0.2, 0.25) is 5.91 Å². The van der Waals surface area contributed by atoms with Crippen LogP contribution in [0.2, 0.25) is 0 Å². The zero-order valence-electron chi connectivity index (χ0n) is 11.1. The average molecular weight is 270 g/mol. The number of hydrogen-bond donors (Lipinski definition) is 3. The predicted octanol–water partition coefficient (Wildman–Crippen LogP) is -1.42. The van der Waals surface area contributed by atoms with Gasteiger partial charge in [-0.3, -0.25) is 14.6 Å². The van der Waals surface area contributed by atoms with Gasteiger partial charge in [-0.15, -0.1) is 0 Å². The lowest BCUT2D eigenvalue weighted by Crippen LogP contribution is -2.44. The van der Waals surface area contributed by atoms with Gasteiger partial charge in [-0.1, -0.05) is 0 Å². The van der Waals surface area contributed by atoms with Crippen LogP contribution in [0.1, 0.15) is 12.8 Å². The van der Waals surface area contributed by atoms with Gasteiger partial charge in [0.1, 0.15) is 0 Å². The van der Waals surface area contributed by atoms with E-state index in [0.29, 0.717) is 25.7 Å². The molecular weight excluding hydrogens is 248 g/mol. The molecule has 0 aromatic rings. The lowest BCUT2D eigenvalue weighted by atomic mass is 10.2. The Labute approximate surface area is 112 Å². The third-order valence-corrected chi connectivity index (χ3v) is 3.63. The Balaban J connectivity index is 1.78. The van der Waals surface area contributed by atoms with Gasteiger partial charge in [0.15, 0.2) is 0 Å². The minimum absolute atomic E-state index is 0.0901. The number of carbonyl (C=O) groups excluding carboxylic acids is 2. The molecule has 0 aromatic heterocycles. The molecule has 0 bridgehead atoms. The number of carbonyl (C=O) groups is 2. The molecule has 3 N–H and O–H groups in total. The Morgan fingerprint density at radius 3 is 2.79 bits per heavy atom. The van der Waals surface area contributed by atoms with Crippen LogP contribution in [0.5, 0.6) is 0 Å². The maximum absolute atomic E-state index is 11.5. The normalized spacial score (nSPS) is 23.5. The smallest absolute Gasteiger partial charge is 0.324 e. The van der Waals surface area contributed by atoms with Crippen molar-refractivity contribution in [3.63, 3.8) is 0 Å². The van der Waals surface area contributed by atoms with Crippen LogP contribution < -0.4 is 10.6 Å². The van der Waals surface area contributed by atoms with Crippen molar-refractivity contribution in [1.82, 2.24) is 20.4 Å². The molecule has 0 saturated carbocycles. The number of nitrogens with zero attached hydrogens (tertiary/aromatic N) is 2. The summed E-state index contributed by atoms with van der Waals surface area (Å²) < 4.78 is 0. The number of imide groups is 1. The maximum atomic E-state index is 11.5. The van der Waals surface area contributed by atoms with E-state index in [1.54, 1.807) is 0 Å². The van der Waals surface area contributed by atoms with E-state index < -0.39 is 0 Å². The third kappa shape index (κ3) is 3.89. The lowest BCUT2D eigenvalue weighted by molar-refractivity contribution is -0.125. The Hall–Kier alpha value is -1.18. The minimum Gasteiger partial charge on any atom is -0.395 e. The van der Waals surface area contributed by atoms with Gasteiger partial charge in [0.05, 0.1) is 13.2 Å². The highest BCUT2D eigenvalue weighted by Crippen LogP contribution is 2.07. The fraction of sp³-hybridized carbons (Fsp3) is 0.833. The summed E-state index contributed by atoms with van der Waals surface area (Å²) >= 11 is 0. The molecule has 2 saturated heterocycles. The monoisotopic (exact) mass is 270 g/mol. The maximum Gasteiger partial charge on any atom is 0.324 e. The van der Waals surface area contributed by atoms with Gasteiger partial charge >= 0.3 is 6.03 Å². The number of amides is 3. The van der Waals surface area contributed by atoms with Crippen LogP contribution in [-0.2, 0) is 4.79 Å². The highest BCUT2D eigenvalue weighted by molar-refractivity contribution is 6.01. The Morgan fingerprint density at radius 1 is 1.37 bits per heavy atom. The summed E-state index contributed by atoms with van der Waals surface area (Å²) in [5, 5.41) is 15.0. The largest absolute Gasteiger partial charge is 0.395 e. The average Bonchev–Trinajstić information content (AvgIpc) is 2.99. The van der Waals surface area contributed by atoms with E-state index in [0.717, 1.165) is 19.5 Å². The van der Waals surface area contributed by atoms with Crippen LogP contribution in [-0.4, -0.2) is 78.8 Å². The molecule has 2 fully saturated rings. The molecular formula is C12H22N4O3. The van der Waals surface area contributed by atoms with Crippen molar-refractivity contribution in [2.75, 3.05) is 45.9 Å². The Morgan fingerprint density at radius 2 is 2.21 bits per heavy atom. The van der Waals surface area contributed by atoms with E-state index in [1.807, 2.05) is 0 Å². The molecule has 0 radical (unpaired) electrons. The number of aliphatic hydroxyl groups excluding tert-OH is 1. The third-order valence-electron chi connectivity index (χ3n) is 3.63. The molecule has 2 aliphatic rings. The van der Waals surface area contributed by atoms with Crippen LogP contribution in [0, 0.1) is 0 Å². The van der Waals surface area contributed by atoms with Gasteiger partial charge in [0.25, 0.3) is 0 Å². The first-order valence-corrected chi connectivity index (χ1v) is 6.85. The van der Waals surface area contributed by atoms with Crippen molar-refractivity contribution in [3.05, 3.63) is 0 Å². The summed E-state index contributed by atoms with van der Waals surface area (Å²) in [6, 6.07) is 0.141. The van der Waals surface area contributed by atoms with E-state index >= 15 is 0 Å². The van der Waals surface area contributed by atoms with E-state index in [2.05, 4.69) is 15.5 Å². The quantitative estimate of drug-likeness (QED) is 0.495. The summed E-state index contributed by atoms with van der Waals surface area (Å²) in [6.07, 6.45) is 2.33. The molecule has 0 aromatic carbocycles. The molecule has 7 nitrogen and oxygen atoms in total. The van der Waals surface area contributed by atoms with Gasteiger partial charge in [0, 0.05) is 32.2 Å². The van der Waals surface area contributed by atoms with Crippen molar-refractivity contribution < 1.29 is 14.7 Å². The zero-order valence-corrected chi connectivity index (χ0v) is 11.1. The van der Waals surface area contributed by atoms with Gasteiger partial charge in [-0.05, 0) is 19.4 Å². The Kier molecular flexibility index (Phi) is 5.12. The summed E-state index contributed by atoms with van der Waals surface area (Å²) in [7, 11) is 0. The van der Waals surface area contributed by atoms with E-state index in [9.17, 15) is 9.59 Å². The fourth-order valence-electron chi connectivity index (χ4n) is 2.58. The molecule has 1 unspecified atom stereocenters. The van der Waals surface area contributed by atoms with Gasteiger partial charge < -0.3 is 15.7 Å². The second kappa shape index (κ2) is 6.83. The molecule has 3 amide bonds. The minimum atomic E-state index is -0.312. The summed E-state index contributed by atoms with van der Waals surface area (Å²) in [6.45, 7) is 3.65. The molecule has 0 aliphatic carbocycles. The lowest BCUT2D eigenvalue weighted by Gasteiger charge is -2.26. The van der Waals surface area contributed by atoms with E-state index in [4.69, 9.17) is 5.11 Å². The van der Waals surface area contributed by atoms with Crippen molar-refractivity contribution in [2.24, 2.45) is 0 Å². The summed E-state index contributed by atoms with van der Waals surface area (Å²) in [5.74, 6) is -0.173. The first kappa shape index (κ1) is 14.2. The van der Waals surface area contributed by atoms with Gasteiger partial charge in [-0.25, -0.2) is 4.79 Å².